The molecule has 1 aliphatic rings. The van der Waals surface area contributed by atoms with Gasteiger partial charge >= 0.3 is 0 Å². The Morgan fingerprint density at radius 1 is 1.35 bits per heavy atom. The maximum absolute atomic E-state index is 11.2. The molecule has 4 nitrogen and oxygen atoms in total. The van der Waals surface area contributed by atoms with Crippen molar-refractivity contribution in [1.82, 2.24) is 0 Å². The van der Waals surface area contributed by atoms with E-state index in [1.807, 2.05) is 0 Å². The molecule has 0 saturated carbocycles. The van der Waals surface area contributed by atoms with Crippen molar-refractivity contribution in [3.05, 3.63) is 24.3 Å². The van der Waals surface area contributed by atoms with Crippen molar-refractivity contribution in [2.24, 2.45) is 0 Å². The highest BCUT2D eigenvalue weighted by Gasteiger charge is 2.16. The van der Waals surface area contributed by atoms with Crippen molar-refractivity contribution in [2.75, 3.05) is 6.61 Å². The Hall–Kier alpha value is -0.780. The SMILES string of the molecule is O=S(=O)(Cl)c1cccc(O[C@H]2CCCCO2)c1. The molecule has 0 aromatic heterocycles. The minimum atomic E-state index is -3.71. The molecular weight excluding hydrogens is 264 g/mol. The Balaban J connectivity index is 2.11. The zero-order chi connectivity index (χ0) is 12.3. The summed E-state index contributed by atoms with van der Waals surface area (Å²) in [6.07, 6.45) is 2.61. The van der Waals surface area contributed by atoms with Crippen molar-refractivity contribution < 1.29 is 17.9 Å². The fraction of sp³-hybridized carbons (Fsp3) is 0.455. The van der Waals surface area contributed by atoms with Gasteiger partial charge in [-0.15, -0.1) is 0 Å². The molecule has 17 heavy (non-hydrogen) atoms. The summed E-state index contributed by atoms with van der Waals surface area (Å²) in [4.78, 5) is 0.0347. The maximum atomic E-state index is 11.2. The van der Waals surface area contributed by atoms with Crippen LogP contribution in [-0.2, 0) is 13.8 Å². The van der Waals surface area contributed by atoms with Gasteiger partial charge in [-0.3, -0.25) is 0 Å². The van der Waals surface area contributed by atoms with Gasteiger partial charge < -0.3 is 9.47 Å². The van der Waals surface area contributed by atoms with Crippen molar-refractivity contribution in [2.45, 2.75) is 30.4 Å². The molecule has 1 fully saturated rings. The van der Waals surface area contributed by atoms with Crippen LogP contribution in [-0.4, -0.2) is 21.3 Å². The fourth-order valence-electron chi connectivity index (χ4n) is 1.66. The zero-order valence-electron chi connectivity index (χ0n) is 9.13. The topological polar surface area (TPSA) is 52.6 Å². The van der Waals surface area contributed by atoms with Gasteiger partial charge in [0, 0.05) is 23.2 Å². The van der Waals surface area contributed by atoms with Crippen LogP contribution in [0.1, 0.15) is 19.3 Å². The average Bonchev–Trinajstić information content (AvgIpc) is 2.29. The largest absolute Gasteiger partial charge is 0.465 e. The van der Waals surface area contributed by atoms with Crippen LogP contribution in [0.2, 0.25) is 0 Å². The maximum Gasteiger partial charge on any atom is 0.261 e. The molecule has 0 unspecified atom stereocenters. The first-order valence-electron chi connectivity index (χ1n) is 5.39. The fourth-order valence-corrected chi connectivity index (χ4v) is 2.44. The summed E-state index contributed by atoms with van der Waals surface area (Å²) < 4.78 is 33.3. The van der Waals surface area contributed by atoms with Crippen molar-refractivity contribution >= 4 is 19.7 Å². The lowest BCUT2D eigenvalue weighted by molar-refractivity contribution is -0.106. The highest BCUT2D eigenvalue weighted by molar-refractivity contribution is 8.13. The van der Waals surface area contributed by atoms with Crippen LogP contribution in [0.5, 0.6) is 5.75 Å². The summed E-state index contributed by atoms with van der Waals surface area (Å²) in [5.41, 5.74) is 0. The van der Waals surface area contributed by atoms with Gasteiger partial charge in [0.05, 0.1) is 11.5 Å². The van der Waals surface area contributed by atoms with Crippen molar-refractivity contribution in [3.63, 3.8) is 0 Å². The minimum Gasteiger partial charge on any atom is -0.465 e. The van der Waals surface area contributed by atoms with Crippen LogP contribution in [0.3, 0.4) is 0 Å². The highest BCUT2D eigenvalue weighted by Crippen LogP contribution is 2.23. The van der Waals surface area contributed by atoms with Gasteiger partial charge in [-0.05, 0) is 25.0 Å². The second-order valence-electron chi connectivity index (χ2n) is 3.83. The summed E-state index contributed by atoms with van der Waals surface area (Å²) in [6, 6.07) is 6.11. The molecular formula is C11H13ClO4S. The molecule has 1 heterocycles. The van der Waals surface area contributed by atoms with Crippen LogP contribution in [0.15, 0.2) is 29.2 Å². The van der Waals surface area contributed by atoms with E-state index >= 15 is 0 Å². The number of ether oxygens (including phenoxy) is 2. The summed E-state index contributed by atoms with van der Waals surface area (Å²) in [6.45, 7) is 0.679. The molecule has 0 N–H and O–H groups in total. The normalized spacial score (nSPS) is 21.1. The van der Waals surface area contributed by atoms with E-state index < -0.39 is 9.05 Å². The van der Waals surface area contributed by atoms with E-state index in [-0.39, 0.29) is 11.2 Å². The molecule has 2 rings (SSSR count). The molecule has 6 heteroatoms. The minimum absolute atomic E-state index is 0.0347. The summed E-state index contributed by atoms with van der Waals surface area (Å²) in [7, 11) is 1.54. The molecule has 1 aliphatic heterocycles. The first-order valence-corrected chi connectivity index (χ1v) is 7.69. The molecule has 0 bridgehead atoms. The number of benzene rings is 1. The Labute approximate surface area is 105 Å². The van der Waals surface area contributed by atoms with Gasteiger partial charge in [0.15, 0.2) is 6.29 Å². The second-order valence-corrected chi connectivity index (χ2v) is 6.39. The average molecular weight is 277 g/mol. The number of rotatable bonds is 3. The summed E-state index contributed by atoms with van der Waals surface area (Å²) >= 11 is 0. The van der Waals surface area contributed by atoms with E-state index in [1.54, 1.807) is 12.1 Å². The molecule has 0 amide bonds. The van der Waals surface area contributed by atoms with E-state index in [0.29, 0.717) is 12.4 Å². The monoisotopic (exact) mass is 276 g/mol. The highest BCUT2D eigenvalue weighted by atomic mass is 35.7. The first kappa shape index (κ1) is 12.7. The molecule has 0 radical (unpaired) electrons. The lowest BCUT2D eigenvalue weighted by Crippen LogP contribution is -2.24. The lowest BCUT2D eigenvalue weighted by atomic mass is 10.2. The summed E-state index contributed by atoms with van der Waals surface area (Å²) in [5.74, 6) is 0.457. The molecule has 1 atom stereocenters. The van der Waals surface area contributed by atoms with E-state index in [0.717, 1.165) is 19.3 Å². The van der Waals surface area contributed by atoms with Crippen LogP contribution in [0, 0.1) is 0 Å². The van der Waals surface area contributed by atoms with Gasteiger partial charge in [0.25, 0.3) is 9.05 Å². The van der Waals surface area contributed by atoms with Crippen LogP contribution < -0.4 is 4.74 Å². The van der Waals surface area contributed by atoms with Crippen LogP contribution >= 0.6 is 10.7 Å². The third kappa shape index (κ3) is 3.59. The Kier molecular flexibility index (Phi) is 3.91. The van der Waals surface area contributed by atoms with E-state index in [1.165, 1.54) is 12.1 Å². The van der Waals surface area contributed by atoms with Crippen LogP contribution in [0.25, 0.3) is 0 Å². The molecule has 1 aromatic rings. The molecule has 94 valence electrons. The van der Waals surface area contributed by atoms with Gasteiger partial charge in [-0.2, -0.15) is 0 Å². The number of hydrogen-bond acceptors (Lipinski definition) is 4. The molecule has 0 aliphatic carbocycles. The summed E-state index contributed by atoms with van der Waals surface area (Å²) in [5, 5.41) is 0. The lowest BCUT2D eigenvalue weighted by Gasteiger charge is -2.23. The predicted molar refractivity (Wildman–Crippen MR) is 63.7 cm³/mol. The van der Waals surface area contributed by atoms with Crippen LogP contribution in [0.4, 0.5) is 0 Å². The quantitative estimate of drug-likeness (QED) is 0.796. The standard InChI is InChI=1S/C11H13ClO4S/c12-17(13,14)10-5-3-4-9(8-10)16-11-6-1-2-7-15-11/h3-5,8,11H,1-2,6-7H2/t11-/m0/s1. The Morgan fingerprint density at radius 3 is 2.82 bits per heavy atom. The van der Waals surface area contributed by atoms with Gasteiger partial charge in [0.1, 0.15) is 5.75 Å². The molecule has 0 spiro atoms. The third-order valence-corrected chi connectivity index (χ3v) is 3.84. The van der Waals surface area contributed by atoms with Gasteiger partial charge in [-0.25, -0.2) is 8.42 Å². The third-order valence-electron chi connectivity index (χ3n) is 2.49. The van der Waals surface area contributed by atoms with Crippen molar-refractivity contribution in [1.29, 1.82) is 0 Å². The predicted octanol–water partition coefficient (Wildman–Crippen LogP) is 2.52. The number of halogens is 1. The van der Waals surface area contributed by atoms with Crippen molar-refractivity contribution in [3.8, 4) is 5.75 Å². The Bertz CT molecular complexity index is 480. The van der Waals surface area contributed by atoms with Gasteiger partial charge in [0.2, 0.25) is 0 Å². The van der Waals surface area contributed by atoms with Gasteiger partial charge in [-0.1, -0.05) is 6.07 Å². The second kappa shape index (κ2) is 5.25. The van der Waals surface area contributed by atoms with E-state index in [9.17, 15) is 8.42 Å². The zero-order valence-corrected chi connectivity index (χ0v) is 10.7. The smallest absolute Gasteiger partial charge is 0.261 e. The molecule has 1 saturated heterocycles. The number of hydrogen-bond donors (Lipinski definition) is 0. The Morgan fingerprint density at radius 2 is 2.18 bits per heavy atom. The van der Waals surface area contributed by atoms with E-state index in [4.69, 9.17) is 20.2 Å². The van der Waals surface area contributed by atoms with E-state index in [2.05, 4.69) is 0 Å². The first-order chi connectivity index (χ1) is 8.05. The molecule has 1 aromatic carbocycles.